The number of hydrogen-bond donors (Lipinski definition) is 1. The van der Waals surface area contributed by atoms with Crippen LogP contribution in [-0.2, 0) is 22.4 Å². The summed E-state index contributed by atoms with van der Waals surface area (Å²) in [5.41, 5.74) is 1.93. The Bertz CT molecular complexity index is 613. The Kier molecular flexibility index (Phi) is 6.07. The number of hydrogen-bond acceptors (Lipinski definition) is 4. The minimum Gasteiger partial charge on any atom is -0.462 e. The maximum absolute atomic E-state index is 12.4. The van der Waals surface area contributed by atoms with Gasteiger partial charge in [-0.3, -0.25) is 4.79 Å². The van der Waals surface area contributed by atoms with E-state index in [9.17, 15) is 9.59 Å². The second kappa shape index (κ2) is 7.68. The quantitative estimate of drug-likeness (QED) is 0.774. The summed E-state index contributed by atoms with van der Waals surface area (Å²) in [5, 5.41) is 3.61. The van der Waals surface area contributed by atoms with Crippen LogP contribution in [0.4, 0.5) is 5.00 Å². The number of rotatable bonds is 5. The molecule has 1 N–H and O–H groups in total. The van der Waals surface area contributed by atoms with E-state index in [1.165, 1.54) is 4.88 Å². The first-order chi connectivity index (χ1) is 11.3. The van der Waals surface area contributed by atoms with Crippen molar-refractivity contribution in [1.82, 2.24) is 0 Å². The Balaban J connectivity index is 2.35. The molecule has 24 heavy (non-hydrogen) atoms. The Morgan fingerprint density at radius 1 is 1.29 bits per heavy atom. The van der Waals surface area contributed by atoms with Gasteiger partial charge in [-0.05, 0) is 49.5 Å². The molecule has 0 bridgehead atoms. The van der Waals surface area contributed by atoms with Gasteiger partial charge in [-0.25, -0.2) is 4.79 Å². The smallest absolute Gasteiger partial charge is 0.341 e. The van der Waals surface area contributed by atoms with Crippen molar-refractivity contribution < 1.29 is 14.3 Å². The third kappa shape index (κ3) is 4.18. The van der Waals surface area contributed by atoms with Gasteiger partial charge in [0.25, 0.3) is 0 Å². The molecular weight excluding hydrogens is 322 g/mol. The number of nitrogens with one attached hydrogen (secondary N) is 1. The fraction of sp³-hybridized carbons (Fsp3) is 0.684. The number of esters is 1. The van der Waals surface area contributed by atoms with E-state index in [0.717, 1.165) is 31.2 Å². The second-order valence-corrected chi connectivity index (χ2v) is 8.64. The standard InChI is InChI=1S/C19H29NO3S/c1-6-8-15(21)20-17-16(18(22)23-7-2)13-10-9-12(19(3,4)5)11-14(13)24-17/h12H,6-11H2,1-5H3,(H,20,21). The van der Waals surface area contributed by atoms with Crippen LogP contribution < -0.4 is 5.32 Å². The van der Waals surface area contributed by atoms with E-state index in [1.54, 1.807) is 11.3 Å². The molecule has 134 valence electrons. The van der Waals surface area contributed by atoms with E-state index in [0.29, 0.717) is 29.5 Å². The topological polar surface area (TPSA) is 55.4 Å². The molecule has 1 aromatic rings. The predicted octanol–water partition coefficient (Wildman–Crippen LogP) is 4.81. The van der Waals surface area contributed by atoms with E-state index >= 15 is 0 Å². The highest BCUT2D eigenvalue weighted by Gasteiger charge is 2.34. The number of ether oxygens (including phenoxy) is 1. The van der Waals surface area contributed by atoms with Gasteiger partial charge in [-0.2, -0.15) is 0 Å². The van der Waals surface area contributed by atoms with Gasteiger partial charge >= 0.3 is 5.97 Å². The van der Waals surface area contributed by atoms with Crippen molar-refractivity contribution >= 4 is 28.2 Å². The fourth-order valence-corrected chi connectivity index (χ4v) is 4.58. The summed E-state index contributed by atoms with van der Waals surface area (Å²) in [6.45, 7) is 10.9. The molecule has 0 fully saturated rings. The lowest BCUT2D eigenvalue weighted by Gasteiger charge is -2.33. The Hall–Kier alpha value is -1.36. The molecule has 0 radical (unpaired) electrons. The summed E-state index contributed by atoms with van der Waals surface area (Å²) >= 11 is 1.56. The third-order valence-corrected chi connectivity index (χ3v) is 5.87. The summed E-state index contributed by atoms with van der Waals surface area (Å²) in [4.78, 5) is 25.7. The molecule has 1 aliphatic carbocycles. The lowest BCUT2D eigenvalue weighted by atomic mass is 9.72. The van der Waals surface area contributed by atoms with Crippen molar-refractivity contribution in [3.05, 3.63) is 16.0 Å². The van der Waals surface area contributed by atoms with Gasteiger partial charge in [0.05, 0.1) is 12.2 Å². The molecule has 0 saturated carbocycles. The second-order valence-electron chi connectivity index (χ2n) is 7.53. The summed E-state index contributed by atoms with van der Waals surface area (Å²) < 4.78 is 5.25. The number of thiophene rings is 1. The Morgan fingerprint density at radius 3 is 2.58 bits per heavy atom. The minimum absolute atomic E-state index is 0.0333. The highest BCUT2D eigenvalue weighted by Crippen LogP contribution is 2.44. The van der Waals surface area contributed by atoms with Crippen molar-refractivity contribution in [2.24, 2.45) is 11.3 Å². The zero-order chi connectivity index (χ0) is 17.9. The third-order valence-electron chi connectivity index (χ3n) is 4.70. The molecule has 5 heteroatoms. The molecule has 1 aromatic heterocycles. The maximum Gasteiger partial charge on any atom is 0.341 e. The first kappa shape index (κ1) is 19.0. The van der Waals surface area contributed by atoms with Gasteiger partial charge in [-0.15, -0.1) is 11.3 Å². The summed E-state index contributed by atoms with van der Waals surface area (Å²) in [6.07, 6.45) is 4.18. The van der Waals surface area contributed by atoms with Crippen LogP contribution in [0.2, 0.25) is 0 Å². The van der Waals surface area contributed by atoms with Crippen LogP contribution in [0.5, 0.6) is 0 Å². The van der Waals surface area contributed by atoms with Crippen molar-refractivity contribution in [1.29, 1.82) is 0 Å². The average Bonchev–Trinajstić information content (AvgIpc) is 2.83. The lowest BCUT2D eigenvalue weighted by molar-refractivity contribution is -0.116. The summed E-state index contributed by atoms with van der Waals surface area (Å²) in [6, 6.07) is 0. The molecule has 0 aliphatic heterocycles. The maximum atomic E-state index is 12.4. The first-order valence-electron chi connectivity index (χ1n) is 8.89. The molecule has 1 atom stereocenters. The van der Waals surface area contributed by atoms with Crippen LogP contribution in [0, 0.1) is 11.3 Å². The molecular formula is C19H29NO3S. The van der Waals surface area contributed by atoms with Crippen LogP contribution in [0.1, 0.15) is 74.7 Å². The van der Waals surface area contributed by atoms with Gasteiger partial charge in [0, 0.05) is 11.3 Å². The predicted molar refractivity (Wildman–Crippen MR) is 98.8 cm³/mol. The molecule has 2 rings (SSSR count). The number of fused-ring (bicyclic) bond motifs is 1. The zero-order valence-electron chi connectivity index (χ0n) is 15.5. The van der Waals surface area contributed by atoms with Gasteiger partial charge < -0.3 is 10.1 Å². The van der Waals surface area contributed by atoms with Crippen molar-refractivity contribution in [3.8, 4) is 0 Å². The highest BCUT2D eigenvalue weighted by atomic mass is 32.1. The molecule has 1 amide bonds. The molecule has 1 heterocycles. The number of carbonyl (C=O) groups is 2. The van der Waals surface area contributed by atoms with Crippen LogP contribution in [0.3, 0.4) is 0 Å². The van der Waals surface area contributed by atoms with Crippen molar-refractivity contribution in [2.45, 2.75) is 66.7 Å². The van der Waals surface area contributed by atoms with Crippen molar-refractivity contribution in [3.63, 3.8) is 0 Å². The van der Waals surface area contributed by atoms with E-state index < -0.39 is 0 Å². The highest BCUT2D eigenvalue weighted by molar-refractivity contribution is 7.17. The average molecular weight is 352 g/mol. The van der Waals surface area contributed by atoms with E-state index in [4.69, 9.17) is 4.74 Å². The van der Waals surface area contributed by atoms with Gasteiger partial charge in [-0.1, -0.05) is 27.7 Å². The van der Waals surface area contributed by atoms with Gasteiger partial charge in [0.2, 0.25) is 5.91 Å². The van der Waals surface area contributed by atoms with E-state index in [1.807, 2.05) is 13.8 Å². The Morgan fingerprint density at radius 2 is 2.00 bits per heavy atom. The SMILES string of the molecule is CCCC(=O)Nc1sc2c(c1C(=O)OCC)CCC(C(C)(C)C)C2. The molecule has 1 aliphatic rings. The van der Waals surface area contributed by atoms with Crippen LogP contribution in [-0.4, -0.2) is 18.5 Å². The largest absolute Gasteiger partial charge is 0.462 e. The molecule has 0 aromatic carbocycles. The summed E-state index contributed by atoms with van der Waals surface area (Å²) in [5.74, 6) is 0.253. The molecule has 0 saturated heterocycles. The Labute approximate surface area is 149 Å². The zero-order valence-corrected chi connectivity index (χ0v) is 16.3. The van der Waals surface area contributed by atoms with E-state index in [2.05, 4.69) is 26.1 Å². The summed E-state index contributed by atoms with van der Waals surface area (Å²) in [7, 11) is 0. The van der Waals surface area contributed by atoms with Crippen molar-refractivity contribution in [2.75, 3.05) is 11.9 Å². The number of amides is 1. The minimum atomic E-state index is -0.309. The fourth-order valence-electron chi connectivity index (χ4n) is 3.25. The number of carbonyl (C=O) groups excluding carboxylic acids is 2. The lowest BCUT2D eigenvalue weighted by Crippen LogP contribution is -2.26. The van der Waals surface area contributed by atoms with E-state index in [-0.39, 0.29) is 17.3 Å². The van der Waals surface area contributed by atoms with Gasteiger partial charge in [0.1, 0.15) is 5.00 Å². The van der Waals surface area contributed by atoms with Crippen LogP contribution in [0.25, 0.3) is 0 Å². The molecule has 4 nitrogen and oxygen atoms in total. The first-order valence-corrected chi connectivity index (χ1v) is 9.71. The van der Waals surface area contributed by atoms with Gasteiger partial charge in [0.15, 0.2) is 0 Å². The van der Waals surface area contributed by atoms with Crippen LogP contribution >= 0.6 is 11.3 Å². The normalized spacial score (nSPS) is 17.3. The molecule has 1 unspecified atom stereocenters. The van der Waals surface area contributed by atoms with Crippen LogP contribution in [0.15, 0.2) is 0 Å². The monoisotopic (exact) mass is 351 g/mol. The molecule has 0 spiro atoms. The number of anilines is 1.